The minimum Gasteiger partial charge on any atom is -0.375 e. The zero-order valence-electron chi connectivity index (χ0n) is 14.3. The fraction of sp³-hybridized carbons (Fsp3) is 0.444. The number of hydrogen-bond donors (Lipinski definition) is 1. The molecule has 1 fully saturated rings. The molecule has 1 aliphatic heterocycles. The highest BCUT2D eigenvalue weighted by Crippen LogP contribution is 2.22. The highest BCUT2D eigenvalue weighted by molar-refractivity contribution is 5.74. The van der Waals surface area contributed by atoms with Gasteiger partial charge in [0, 0.05) is 45.2 Å². The number of ether oxygens (including phenoxy) is 1. The second kappa shape index (κ2) is 8.11. The quantitative estimate of drug-likeness (QED) is 0.906. The van der Waals surface area contributed by atoms with E-state index >= 15 is 0 Å². The minimum atomic E-state index is -0.298. The van der Waals surface area contributed by atoms with E-state index < -0.39 is 0 Å². The molecule has 1 aromatic heterocycles. The van der Waals surface area contributed by atoms with Crippen LogP contribution < -0.4 is 5.32 Å². The third-order valence-corrected chi connectivity index (χ3v) is 4.66. The van der Waals surface area contributed by atoms with Gasteiger partial charge in [-0.25, -0.2) is 14.2 Å². The summed E-state index contributed by atoms with van der Waals surface area (Å²) in [5, 5.41) is 2.92. The molecule has 1 unspecified atom stereocenters. The molecule has 2 heterocycles. The number of nitrogens with one attached hydrogen (secondary N) is 1. The van der Waals surface area contributed by atoms with Gasteiger partial charge in [0.25, 0.3) is 0 Å². The highest BCUT2D eigenvalue weighted by atomic mass is 19.1. The van der Waals surface area contributed by atoms with Crippen LogP contribution in [0.4, 0.5) is 9.18 Å². The van der Waals surface area contributed by atoms with Crippen molar-refractivity contribution >= 4 is 6.03 Å². The lowest BCUT2D eigenvalue weighted by atomic mass is 10.1. The minimum absolute atomic E-state index is 0.0896. The van der Waals surface area contributed by atoms with Gasteiger partial charge in [0.1, 0.15) is 5.82 Å². The first-order valence-electron chi connectivity index (χ1n) is 8.46. The van der Waals surface area contributed by atoms with E-state index in [1.54, 1.807) is 25.4 Å². The molecule has 1 aliphatic rings. The van der Waals surface area contributed by atoms with Crippen LogP contribution in [0, 0.1) is 5.82 Å². The number of amides is 2. The van der Waals surface area contributed by atoms with Gasteiger partial charge in [0.05, 0.1) is 12.4 Å². The molecular weight excluding hydrogens is 323 g/mol. The van der Waals surface area contributed by atoms with Crippen LogP contribution in [0.3, 0.4) is 0 Å². The van der Waals surface area contributed by atoms with Gasteiger partial charge in [-0.3, -0.25) is 0 Å². The number of aromatic nitrogens is 2. The summed E-state index contributed by atoms with van der Waals surface area (Å²) < 4.78 is 20.5. The topological polar surface area (TPSA) is 59.4 Å². The number of nitrogens with zero attached hydrogens (tertiary/aromatic N) is 3. The van der Waals surface area contributed by atoms with E-state index in [1.807, 2.05) is 17.4 Å². The normalized spacial score (nSPS) is 16.6. The Morgan fingerprint density at radius 1 is 1.36 bits per heavy atom. The smallest absolute Gasteiger partial charge is 0.317 e. The number of rotatable bonds is 5. The maximum Gasteiger partial charge on any atom is 0.317 e. The van der Waals surface area contributed by atoms with Gasteiger partial charge >= 0.3 is 6.03 Å². The molecule has 2 aromatic rings. The fourth-order valence-corrected chi connectivity index (χ4v) is 3.16. The van der Waals surface area contributed by atoms with Crippen molar-refractivity contribution in [2.75, 3.05) is 26.7 Å². The number of piperidine rings is 1. The molecule has 3 rings (SSSR count). The summed E-state index contributed by atoms with van der Waals surface area (Å²) >= 11 is 0. The summed E-state index contributed by atoms with van der Waals surface area (Å²) in [7, 11) is 1.58. The zero-order valence-corrected chi connectivity index (χ0v) is 14.3. The van der Waals surface area contributed by atoms with Crippen molar-refractivity contribution in [3.8, 4) is 0 Å². The first kappa shape index (κ1) is 17.4. The van der Waals surface area contributed by atoms with Crippen molar-refractivity contribution in [1.29, 1.82) is 0 Å². The monoisotopic (exact) mass is 346 g/mol. The maximum absolute atomic E-state index is 13.0. The average molecular weight is 346 g/mol. The summed E-state index contributed by atoms with van der Waals surface area (Å²) in [6.07, 6.45) is 7.09. The largest absolute Gasteiger partial charge is 0.375 e. The van der Waals surface area contributed by atoms with Crippen molar-refractivity contribution < 1.29 is 13.9 Å². The Morgan fingerprint density at radius 2 is 2.08 bits per heavy atom. The van der Waals surface area contributed by atoms with Crippen LogP contribution in [0.25, 0.3) is 0 Å². The number of urea groups is 1. The Labute approximate surface area is 146 Å². The van der Waals surface area contributed by atoms with E-state index in [1.165, 1.54) is 12.1 Å². The van der Waals surface area contributed by atoms with E-state index in [0.29, 0.717) is 25.7 Å². The van der Waals surface area contributed by atoms with Crippen molar-refractivity contribution in [1.82, 2.24) is 19.8 Å². The third kappa shape index (κ3) is 4.36. The molecule has 6 nitrogen and oxygen atoms in total. The molecule has 0 saturated carbocycles. The fourth-order valence-electron chi connectivity index (χ4n) is 3.16. The number of likely N-dealkylation sites (tertiary alicyclic amines) is 1. The van der Waals surface area contributed by atoms with Gasteiger partial charge in [-0.15, -0.1) is 0 Å². The molecule has 25 heavy (non-hydrogen) atoms. The molecule has 7 heteroatoms. The first-order chi connectivity index (χ1) is 12.2. The van der Waals surface area contributed by atoms with E-state index in [9.17, 15) is 9.18 Å². The molecule has 1 atom stereocenters. The average Bonchev–Trinajstić information content (AvgIpc) is 3.18. The lowest BCUT2D eigenvalue weighted by molar-refractivity contribution is 0.0998. The Hall–Kier alpha value is -2.41. The van der Waals surface area contributed by atoms with Crippen molar-refractivity contribution in [3.05, 3.63) is 54.4 Å². The van der Waals surface area contributed by atoms with E-state index in [2.05, 4.69) is 14.9 Å². The van der Waals surface area contributed by atoms with Crippen molar-refractivity contribution in [3.63, 3.8) is 0 Å². The predicted octanol–water partition coefficient (Wildman–Crippen LogP) is 2.76. The van der Waals surface area contributed by atoms with Gasteiger partial charge in [0.15, 0.2) is 0 Å². The predicted molar refractivity (Wildman–Crippen MR) is 91.6 cm³/mol. The highest BCUT2D eigenvalue weighted by Gasteiger charge is 2.24. The molecule has 1 aromatic carbocycles. The molecule has 1 N–H and O–H groups in total. The first-order valence-corrected chi connectivity index (χ1v) is 8.46. The Kier molecular flexibility index (Phi) is 5.65. The molecule has 0 aliphatic carbocycles. The summed E-state index contributed by atoms with van der Waals surface area (Å²) in [5.74, 6) is -0.289. The van der Waals surface area contributed by atoms with Crippen LogP contribution in [0.1, 0.15) is 30.6 Å². The number of benzene rings is 1. The second-order valence-electron chi connectivity index (χ2n) is 6.19. The van der Waals surface area contributed by atoms with Crippen LogP contribution in [-0.2, 0) is 4.74 Å². The van der Waals surface area contributed by atoms with Gasteiger partial charge in [0.2, 0.25) is 0 Å². The summed E-state index contributed by atoms with van der Waals surface area (Å²) in [6.45, 7) is 1.77. The summed E-state index contributed by atoms with van der Waals surface area (Å²) in [5.41, 5.74) is 0.836. The molecule has 0 radical (unpaired) electrons. The third-order valence-electron chi connectivity index (χ3n) is 4.66. The van der Waals surface area contributed by atoms with Gasteiger partial charge in [-0.05, 0) is 30.5 Å². The lowest BCUT2D eigenvalue weighted by Gasteiger charge is -2.33. The molecule has 0 spiro atoms. The van der Waals surface area contributed by atoms with E-state index in [-0.39, 0.29) is 18.0 Å². The SMILES string of the molecule is COC(CNC(=O)N1CCC(n2ccnc2)CC1)c1ccc(F)cc1. The van der Waals surface area contributed by atoms with Crippen molar-refractivity contribution in [2.45, 2.75) is 25.0 Å². The molecule has 0 bridgehead atoms. The van der Waals surface area contributed by atoms with Crippen LogP contribution in [0.15, 0.2) is 43.0 Å². The maximum atomic E-state index is 13.0. The number of halogens is 1. The van der Waals surface area contributed by atoms with Crippen LogP contribution >= 0.6 is 0 Å². The Morgan fingerprint density at radius 3 is 2.68 bits per heavy atom. The number of carbonyl (C=O) groups is 1. The molecule has 2 amide bonds. The zero-order chi connectivity index (χ0) is 17.6. The van der Waals surface area contributed by atoms with Gasteiger partial charge < -0.3 is 19.5 Å². The summed E-state index contributed by atoms with van der Waals surface area (Å²) in [4.78, 5) is 18.3. The van der Waals surface area contributed by atoms with Crippen LogP contribution in [0.5, 0.6) is 0 Å². The number of carbonyl (C=O) groups excluding carboxylic acids is 1. The van der Waals surface area contributed by atoms with Gasteiger partial charge in [-0.1, -0.05) is 12.1 Å². The lowest BCUT2D eigenvalue weighted by Crippen LogP contribution is -2.45. The second-order valence-corrected chi connectivity index (χ2v) is 6.19. The van der Waals surface area contributed by atoms with Crippen LogP contribution in [-0.4, -0.2) is 47.2 Å². The number of imidazole rings is 1. The van der Waals surface area contributed by atoms with Crippen molar-refractivity contribution in [2.24, 2.45) is 0 Å². The Balaban J connectivity index is 1.48. The van der Waals surface area contributed by atoms with E-state index in [0.717, 1.165) is 18.4 Å². The molecular formula is C18H23FN4O2. The molecule has 1 saturated heterocycles. The molecule has 134 valence electrons. The number of hydrogen-bond acceptors (Lipinski definition) is 3. The van der Waals surface area contributed by atoms with Crippen LogP contribution in [0.2, 0.25) is 0 Å². The van der Waals surface area contributed by atoms with Gasteiger partial charge in [-0.2, -0.15) is 0 Å². The number of methoxy groups -OCH3 is 1. The Bertz CT molecular complexity index is 667. The van der Waals surface area contributed by atoms with E-state index in [4.69, 9.17) is 4.74 Å². The summed E-state index contributed by atoms with van der Waals surface area (Å²) in [6, 6.07) is 6.44. The standard InChI is InChI=1S/C18H23FN4O2/c1-25-17(14-2-4-15(19)5-3-14)12-21-18(24)22-9-6-16(7-10-22)23-11-8-20-13-23/h2-5,8,11,13,16-17H,6-7,9-10,12H2,1H3,(H,21,24).